The van der Waals surface area contributed by atoms with Crippen molar-refractivity contribution in [1.29, 1.82) is 5.26 Å². The number of aromatic nitrogens is 2. The Hall–Kier alpha value is -3.36. The molecule has 1 heterocycles. The molecule has 0 unspecified atom stereocenters. The van der Waals surface area contributed by atoms with Gasteiger partial charge in [-0.3, -0.25) is 4.79 Å². The van der Waals surface area contributed by atoms with Crippen molar-refractivity contribution < 1.29 is 4.79 Å². The van der Waals surface area contributed by atoms with Crippen LogP contribution < -0.4 is 0 Å². The second-order valence-electron chi connectivity index (χ2n) is 6.70. The lowest BCUT2D eigenvalue weighted by molar-refractivity contribution is -0.119. The van der Waals surface area contributed by atoms with Gasteiger partial charge in [0.05, 0.1) is 22.4 Å². The van der Waals surface area contributed by atoms with Crippen LogP contribution in [0.2, 0.25) is 0 Å². The van der Waals surface area contributed by atoms with Crippen LogP contribution in [0.4, 0.5) is 0 Å². The van der Waals surface area contributed by atoms with Crippen LogP contribution in [0.25, 0.3) is 11.0 Å². The summed E-state index contributed by atoms with van der Waals surface area (Å²) >= 11 is 1.46. The zero-order valence-corrected chi connectivity index (χ0v) is 16.7. The normalized spacial score (nSPS) is 13.0. The number of carbonyl (C=O) groups excluding carboxylic acids is 1. The average molecular weight is 398 g/mol. The number of thioether (sulfide) groups is 1. The Labute approximate surface area is 173 Å². The van der Waals surface area contributed by atoms with Crippen molar-refractivity contribution in [2.75, 3.05) is 0 Å². The van der Waals surface area contributed by atoms with Gasteiger partial charge in [0.25, 0.3) is 0 Å². The van der Waals surface area contributed by atoms with E-state index in [9.17, 15) is 10.1 Å². The van der Waals surface area contributed by atoms with Crippen LogP contribution in [0.3, 0.4) is 0 Å². The first-order chi connectivity index (χ1) is 14.2. The molecule has 0 radical (unpaired) electrons. The van der Waals surface area contributed by atoms with Crippen LogP contribution in [0, 0.1) is 11.3 Å². The summed E-state index contributed by atoms with van der Waals surface area (Å²) in [4.78, 5) is 19.2. The Morgan fingerprint density at radius 1 is 0.966 bits per heavy atom. The molecule has 0 fully saturated rings. The molecule has 0 aliphatic carbocycles. The average Bonchev–Trinajstić information content (AvgIpc) is 3.10. The maximum absolute atomic E-state index is 13.6. The summed E-state index contributed by atoms with van der Waals surface area (Å²) in [5.41, 5.74) is 2.57. The molecule has 2 atom stereocenters. The zero-order chi connectivity index (χ0) is 20.2. The van der Waals surface area contributed by atoms with Crippen LogP contribution in [-0.2, 0) is 11.8 Å². The number of para-hydroxylation sites is 2. The second-order valence-corrected chi connectivity index (χ2v) is 7.88. The maximum Gasteiger partial charge on any atom is 0.175 e. The first-order valence-corrected chi connectivity index (χ1v) is 10.2. The van der Waals surface area contributed by atoms with E-state index >= 15 is 0 Å². The van der Waals surface area contributed by atoms with E-state index in [1.165, 1.54) is 11.8 Å². The predicted molar refractivity (Wildman–Crippen MR) is 116 cm³/mol. The second kappa shape index (κ2) is 8.34. The molecule has 0 aliphatic rings. The summed E-state index contributed by atoms with van der Waals surface area (Å²) in [5, 5.41) is 9.43. The summed E-state index contributed by atoms with van der Waals surface area (Å²) in [6.45, 7) is 0. The molecular weight excluding hydrogens is 378 g/mol. The molecule has 0 aliphatic heterocycles. The minimum atomic E-state index is -0.950. The number of Topliss-reactive ketones (excluding diaryl/α,β-unsaturated/α-hetero) is 1. The van der Waals surface area contributed by atoms with Gasteiger partial charge in [-0.05, 0) is 29.8 Å². The number of ketones is 1. The van der Waals surface area contributed by atoms with E-state index in [1.807, 2.05) is 96.5 Å². The minimum absolute atomic E-state index is 0.161. The number of rotatable bonds is 6. The Morgan fingerprint density at radius 3 is 2.24 bits per heavy atom. The number of fused-ring (bicyclic) bond motifs is 1. The molecule has 0 spiro atoms. The number of hydrogen-bond acceptors (Lipinski definition) is 4. The van der Waals surface area contributed by atoms with Crippen molar-refractivity contribution in [3.8, 4) is 6.07 Å². The number of nitrogens with zero attached hydrogens (tertiary/aromatic N) is 3. The van der Waals surface area contributed by atoms with Crippen LogP contribution >= 0.6 is 11.8 Å². The van der Waals surface area contributed by atoms with Gasteiger partial charge in [-0.1, -0.05) is 60.7 Å². The highest BCUT2D eigenvalue weighted by atomic mass is 32.2. The van der Waals surface area contributed by atoms with E-state index in [2.05, 4.69) is 11.1 Å². The third-order valence-corrected chi connectivity index (χ3v) is 6.14. The molecular formula is C24H19N3OS. The molecule has 3 aromatic carbocycles. The number of hydrogen-bond donors (Lipinski definition) is 0. The Kier molecular flexibility index (Phi) is 5.46. The highest BCUT2D eigenvalue weighted by Gasteiger charge is 2.33. The van der Waals surface area contributed by atoms with Crippen LogP contribution in [-0.4, -0.2) is 15.3 Å². The quantitative estimate of drug-likeness (QED) is 0.415. The predicted octanol–water partition coefficient (Wildman–Crippen LogP) is 5.28. The fraction of sp³-hybridized carbons (Fsp3) is 0.125. The van der Waals surface area contributed by atoms with Crippen LogP contribution in [0.1, 0.15) is 22.6 Å². The molecule has 0 amide bonds. The van der Waals surface area contributed by atoms with Gasteiger partial charge in [0.15, 0.2) is 11.7 Å². The lowest BCUT2D eigenvalue weighted by Crippen LogP contribution is -2.20. The lowest BCUT2D eigenvalue weighted by Gasteiger charge is -2.19. The molecule has 142 valence electrons. The number of carbonyl (C=O) groups is 1. The minimum Gasteiger partial charge on any atom is -0.330 e. The summed E-state index contributed by atoms with van der Waals surface area (Å²) in [5.74, 6) is -0.631. The standard InChI is InChI=1S/C24H19N3OS/c1-27-21-15-9-8-14-20(21)26-24(27)19(16-25)22(28)23(17-10-4-2-5-11-17)29-18-12-6-3-7-13-18/h2-15,19,23H,1H3/t19-,23+/m0/s1. The van der Waals surface area contributed by atoms with Gasteiger partial charge in [-0.25, -0.2) is 4.98 Å². The molecule has 29 heavy (non-hydrogen) atoms. The first-order valence-electron chi connectivity index (χ1n) is 9.30. The highest BCUT2D eigenvalue weighted by Crippen LogP contribution is 2.39. The van der Waals surface area contributed by atoms with Gasteiger partial charge in [-0.2, -0.15) is 5.26 Å². The van der Waals surface area contributed by atoms with E-state index in [1.54, 1.807) is 0 Å². The van der Waals surface area contributed by atoms with E-state index < -0.39 is 11.2 Å². The van der Waals surface area contributed by atoms with Gasteiger partial charge >= 0.3 is 0 Å². The third kappa shape index (κ3) is 3.80. The molecule has 0 bridgehead atoms. The fourth-order valence-electron chi connectivity index (χ4n) is 3.38. The molecule has 5 heteroatoms. The Morgan fingerprint density at radius 2 is 1.59 bits per heavy atom. The summed E-state index contributed by atoms with van der Waals surface area (Å²) in [6, 6.07) is 29.3. The third-order valence-electron chi connectivity index (χ3n) is 4.85. The topological polar surface area (TPSA) is 58.7 Å². The van der Waals surface area contributed by atoms with Crippen molar-refractivity contribution in [2.24, 2.45) is 7.05 Å². The number of imidazole rings is 1. The summed E-state index contributed by atoms with van der Waals surface area (Å²) in [7, 11) is 1.85. The first kappa shape index (κ1) is 19.0. The van der Waals surface area contributed by atoms with Gasteiger partial charge in [0, 0.05) is 11.9 Å². The molecule has 0 N–H and O–H groups in total. The van der Waals surface area contributed by atoms with Crippen molar-refractivity contribution >= 4 is 28.6 Å². The SMILES string of the molecule is Cn1c([C@@H](C#N)C(=O)[C@H](Sc2ccccc2)c2ccccc2)nc2ccccc21. The zero-order valence-electron chi connectivity index (χ0n) is 15.9. The van der Waals surface area contributed by atoms with E-state index in [-0.39, 0.29) is 5.78 Å². The van der Waals surface area contributed by atoms with Gasteiger partial charge < -0.3 is 4.57 Å². The van der Waals surface area contributed by atoms with Crippen molar-refractivity contribution in [1.82, 2.24) is 9.55 Å². The Balaban J connectivity index is 1.75. The number of benzene rings is 3. The van der Waals surface area contributed by atoms with E-state index in [4.69, 9.17) is 0 Å². The highest BCUT2D eigenvalue weighted by molar-refractivity contribution is 8.00. The van der Waals surface area contributed by atoms with Gasteiger partial charge in [-0.15, -0.1) is 11.8 Å². The molecule has 4 aromatic rings. The molecule has 0 saturated heterocycles. The van der Waals surface area contributed by atoms with Crippen molar-refractivity contribution in [3.63, 3.8) is 0 Å². The Bertz CT molecular complexity index is 1180. The van der Waals surface area contributed by atoms with Gasteiger partial charge in [0.1, 0.15) is 5.82 Å². The summed E-state index contributed by atoms with van der Waals surface area (Å²) in [6.07, 6.45) is 0. The number of nitriles is 1. The van der Waals surface area contributed by atoms with E-state index in [0.717, 1.165) is 21.5 Å². The largest absolute Gasteiger partial charge is 0.330 e. The smallest absolute Gasteiger partial charge is 0.175 e. The van der Waals surface area contributed by atoms with Gasteiger partial charge in [0.2, 0.25) is 0 Å². The van der Waals surface area contributed by atoms with Crippen LogP contribution in [0.5, 0.6) is 0 Å². The fourth-order valence-corrected chi connectivity index (χ4v) is 4.51. The lowest BCUT2D eigenvalue weighted by atomic mass is 9.97. The monoisotopic (exact) mass is 397 g/mol. The molecule has 0 saturated carbocycles. The number of aryl methyl sites for hydroxylation is 1. The molecule has 1 aromatic heterocycles. The van der Waals surface area contributed by atoms with Crippen LogP contribution in [0.15, 0.2) is 89.8 Å². The molecule has 4 nitrogen and oxygen atoms in total. The van der Waals surface area contributed by atoms with Crippen molar-refractivity contribution in [2.45, 2.75) is 16.1 Å². The van der Waals surface area contributed by atoms with Crippen molar-refractivity contribution in [3.05, 3.63) is 96.3 Å². The van der Waals surface area contributed by atoms with E-state index in [0.29, 0.717) is 5.82 Å². The summed E-state index contributed by atoms with van der Waals surface area (Å²) < 4.78 is 1.84. The maximum atomic E-state index is 13.6. The molecule has 4 rings (SSSR count).